The van der Waals surface area contributed by atoms with Crippen molar-refractivity contribution >= 4 is 6.29 Å². The highest BCUT2D eigenvalue weighted by Crippen LogP contribution is 2.28. The van der Waals surface area contributed by atoms with Gasteiger partial charge in [0.05, 0.1) is 5.70 Å². The normalized spacial score (nSPS) is 20.2. The van der Waals surface area contributed by atoms with Gasteiger partial charge in [-0.25, -0.2) is 0 Å². The van der Waals surface area contributed by atoms with Gasteiger partial charge in [-0.15, -0.1) is 5.11 Å². The van der Waals surface area contributed by atoms with E-state index in [-0.39, 0.29) is 0 Å². The Hall–Kier alpha value is -1.51. The minimum absolute atomic E-state index is 0.437. The smallest absolute Gasteiger partial charge is 0.171 e. The first-order valence-corrected chi connectivity index (χ1v) is 3.40. The minimum atomic E-state index is 0.437. The molecule has 1 aliphatic heterocycles. The van der Waals surface area contributed by atoms with Crippen molar-refractivity contribution in [3.05, 3.63) is 35.2 Å². The third kappa shape index (κ3) is 0.852. The molecule has 0 N–H and O–H groups in total. The predicted molar refractivity (Wildman–Crippen MR) is 39.8 cm³/mol. The van der Waals surface area contributed by atoms with E-state index in [0.29, 0.717) is 5.70 Å². The van der Waals surface area contributed by atoms with Crippen molar-refractivity contribution in [2.75, 3.05) is 0 Å². The zero-order chi connectivity index (χ0) is 7.68. The summed E-state index contributed by atoms with van der Waals surface area (Å²) >= 11 is 0. The van der Waals surface area contributed by atoms with Crippen molar-refractivity contribution in [3.8, 4) is 0 Å². The van der Waals surface area contributed by atoms with E-state index in [9.17, 15) is 4.79 Å². The highest BCUT2D eigenvalue weighted by Gasteiger charge is 2.15. The van der Waals surface area contributed by atoms with Crippen LogP contribution in [0.4, 0.5) is 0 Å². The molecule has 0 fully saturated rings. The number of nitrogens with zero attached hydrogens (tertiary/aromatic N) is 2. The van der Waals surface area contributed by atoms with Crippen LogP contribution in [-0.2, 0) is 4.79 Å². The second kappa shape index (κ2) is 2.27. The SMILES string of the molecule is O=CC1=C2C=CCC=C2N=N1. The van der Waals surface area contributed by atoms with E-state index in [1.165, 1.54) is 0 Å². The van der Waals surface area contributed by atoms with Gasteiger partial charge in [-0.1, -0.05) is 18.2 Å². The van der Waals surface area contributed by atoms with E-state index >= 15 is 0 Å². The predicted octanol–water partition coefficient (Wildman–Crippen LogP) is 1.75. The van der Waals surface area contributed by atoms with Gasteiger partial charge in [0.25, 0.3) is 0 Å². The Kier molecular flexibility index (Phi) is 1.28. The number of hydrogen-bond donors (Lipinski definition) is 0. The van der Waals surface area contributed by atoms with Gasteiger partial charge in [0.2, 0.25) is 0 Å². The van der Waals surface area contributed by atoms with Crippen molar-refractivity contribution in [2.45, 2.75) is 6.42 Å². The van der Waals surface area contributed by atoms with Gasteiger partial charge < -0.3 is 0 Å². The molecule has 0 bridgehead atoms. The Bertz CT molecular complexity index is 321. The second-order valence-corrected chi connectivity index (χ2v) is 2.34. The molecule has 0 amide bonds. The van der Waals surface area contributed by atoms with Crippen LogP contribution in [0.5, 0.6) is 0 Å². The van der Waals surface area contributed by atoms with Gasteiger partial charge in [0.1, 0.15) is 5.70 Å². The summed E-state index contributed by atoms with van der Waals surface area (Å²) in [4.78, 5) is 10.4. The number of hydrogen-bond acceptors (Lipinski definition) is 3. The number of allylic oxidation sites excluding steroid dienone is 4. The zero-order valence-corrected chi connectivity index (χ0v) is 5.82. The Morgan fingerprint density at radius 3 is 3.18 bits per heavy atom. The first-order chi connectivity index (χ1) is 5.42. The molecule has 0 aromatic rings. The Morgan fingerprint density at radius 2 is 2.36 bits per heavy atom. The average Bonchev–Trinajstić information content (AvgIpc) is 2.47. The second-order valence-electron chi connectivity index (χ2n) is 2.34. The maximum Gasteiger partial charge on any atom is 0.171 e. The largest absolute Gasteiger partial charge is 0.296 e. The summed E-state index contributed by atoms with van der Waals surface area (Å²) in [5.41, 5.74) is 2.12. The topological polar surface area (TPSA) is 41.8 Å². The third-order valence-corrected chi connectivity index (χ3v) is 1.66. The molecule has 0 radical (unpaired) electrons. The lowest BCUT2D eigenvalue weighted by molar-refractivity contribution is -0.104. The first-order valence-electron chi connectivity index (χ1n) is 3.40. The van der Waals surface area contributed by atoms with E-state index in [1.807, 2.05) is 18.2 Å². The van der Waals surface area contributed by atoms with Crippen LogP contribution in [0.2, 0.25) is 0 Å². The lowest BCUT2D eigenvalue weighted by Crippen LogP contribution is -1.88. The van der Waals surface area contributed by atoms with Gasteiger partial charge in [0.15, 0.2) is 6.29 Å². The van der Waals surface area contributed by atoms with Crippen molar-refractivity contribution < 1.29 is 4.79 Å². The third-order valence-electron chi connectivity index (χ3n) is 1.66. The van der Waals surface area contributed by atoms with Crippen LogP contribution in [0.15, 0.2) is 45.4 Å². The monoisotopic (exact) mass is 146 g/mol. The molecule has 1 heterocycles. The van der Waals surface area contributed by atoms with Crippen LogP contribution in [0, 0.1) is 0 Å². The van der Waals surface area contributed by atoms with Crippen LogP contribution >= 0.6 is 0 Å². The van der Waals surface area contributed by atoms with Gasteiger partial charge in [-0.2, -0.15) is 5.11 Å². The molecule has 0 aromatic heterocycles. The maximum absolute atomic E-state index is 10.4. The van der Waals surface area contributed by atoms with Crippen molar-refractivity contribution in [2.24, 2.45) is 10.2 Å². The summed E-state index contributed by atoms with van der Waals surface area (Å²) in [6.07, 6.45) is 7.44. The summed E-state index contributed by atoms with van der Waals surface area (Å²) in [5.74, 6) is 0. The van der Waals surface area contributed by atoms with Crippen molar-refractivity contribution in [1.82, 2.24) is 0 Å². The maximum atomic E-state index is 10.4. The Morgan fingerprint density at radius 1 is 1.45 bits per heavy atom. The molecule has 3 nitrogen and oxygen atoms in total. The van der Waals surface area contributed by atoms with E-state index in [1.54, 1.807) is 0 Å². The zero-order valence-electron chi connectivity index (χ0n) is 5.82. The highest BCUT2D eigenvalue weighted by atomic mass is 16.1. The lowest BCUT2D eigenvalue weighted by atomic mass is 10.1. The summed E-state index contributed by atoms with van der Waals surface area (Å²) in [5, 5.41) is 7.56. The molecular weight excluding hydrogens is 140 g/mol. The molecule has 0 unspecified atom stereocenters. The minimum Gasteiger partial charge on any atom is -0.296 e. The molecule has 3 heteroatoms. The van der Waals surface area contributed by atoms with E-state index < -0.39 is 0 Å². The molecular formula is C8H6N2O. The molecule has 1 aliphatic carbocycles. The summed E-state index contributed by atoms with van der Waals surface area (Å²) in [6, 6.07) is 0. The van der Waals surface area contributed by atoms with Crippen LogP contribution in [0.3, 0.4) is 0 Å². The van der Waals surface area contributed by atoms with Crippen LogP contribution in [0.1, 0.15) is 6.42 Å². The number of fused-ring (bicyclic) bond motifs is 1. The van der Waals surface area contributed by atoms with Crippen molar-refractivity contribution in [3.63, 3.8) is 0 Å². The molecule has 0 atom stereocenters. The van der Waals surface area contributed by atoms with Gasteiger partial charge in [-0.3, -0.25) is 4.79 Å². The fourth-order valence-electron chi connectivity index (χ4n) is 1.12. The summed E-state index contributed by atoms with van der Waals surface area (Å²) in [6.45, 7) is 0. The highest BCUT2D eigenvalue weighted by molar-refractivity contribution is 5.78. The fourth-order valence-corrected chi connectivity index (χ4v) is 1.12. The quantitative estimate of drug-likeness (QED) is 0.519. The Balaban J connectivity index is 2.52. The number of aldehydes is 1. The van der Waals surface area contributed by atoms with Crippen LogP contribution < -0.4 is 0 Å². The molecule has 11 heavy (non-hydrogen) atoms. The fraction of sp³-hybridized carbons (Fsp3) is 0.125. The number of carbonyl (C=O) groups excluding carboxylic acids is 1. The molecule has 54 valence electrons. The van der Waals surface area contributed by atoms with Gasteiger partial charge >= 0.3 is 0 Å². The molecule has 0 spiro atoms. The standard InChI is InChI=1S/C8H6N2O/c11-5-8-6-3-1-2-4-7(6)9-10-8/h1,3-5H,2H2. The molecule has 0 aromatic carbocycles. The summed E-state index contributed by atoms with van der Waals surface area (Å²) in [7, 11) is 0. The molecule has 2 rings (SSSR count). The van der Waals surface area contributed by atoms with Crippen LogP contribution in [0.25, 0.3) is 0 Å². The summed E-state index contributed by atoms with van der Waals surface area (Å²) < 4.78 is 0. The van der Waals surface area contributed by atoms with E-state index in [2.05, 4.69) is 10.2 Å². The average molecular weight is 146 g/mol. The van der Waals surface area contributed by atoms with E-state index in [4.69, 9.17) is 0 Å². The number of carbonyl (C=O) groups is 1. The molecule has 2 aliphatic rings. The number of rotatable bonds is 1. The van der Waals surface area contributed by atoms with Gasteiger partial charge in [0, 0.05) is 5.57 Å². The number of azo groups is 1. The van der Waals surface area contributed by atoms with Gasteiger partial charge in [-0.05, 0) is 6.42 Å². The lowest BCUT2D eigenvalue weighted by Gasteiger charge is -1.99. The molecule has 0 saturated carbocycles. The van der Waals surface area contributed by atoms with Crippen LogP contribution in [-0.4, -0.2) is 6.29 Å². The Labute approximate surface area is 63.8 Å². The first kappa shape index (κ1) is 6.22. The van der Waals surface area contributed by atoms with Crippen molar-refractivity contribution in [1.29, 1.82) is 0 Å². The molecule has 0 saturated heterocycles. The van der Waals surface area contributed by atoms with E-state index in [0.717, 1.165) is 24.0 Å².